The maximum Gasteiger partial charge on any atom is 0.131 e. The van der Waals surface area contributed by atoms with Gasteiger partial charge >= 0.3 is 0 Å². The van der Waals surface area contributed by atoms with Crippen molar-refractivity contribution in [3.8, 4) is 0 Å². The van der Waals surface area contributed by atoms with Gasteiger partial charge in [-0.1, -0.05) is 13.8 Å². The van der Waals surface area contributed by atoms with E-state index in [0.29, 0.717) is 12.8 Å². The molecule has 0 aromatic rings. The molecule has 0 amide bonds. The predicted octanol–water partition coefficient (Wildman–Crippen LogP) is 0.474. The first-order valence-electron chi connectivity index (χ1n) is 5.37. The van der Waals surface area contributed by atoms with Crippen LogP contribution in [-0.4, -0.2) is 24.3 Å². The molecule has 3 unspecified atom stereocenters. The molecule has 0 radical (unpaired) electrons. The van der Waals surface area contributed by atoms with Crippen LogP contribution in [0.4, 0.5) is 0 Å². The average molecular weight is 219 g/mol. The fourth-order valence-electron chi connectivity index (χ4n) is 0.838. The first-order valence-corrected chi connectivity index (χ1v) is 5.37. The van der Waals surface area contributed by atoms with Crippen LogP contribution in [-0.2, 0) is 9.47 Å². The average Bonchev–Trinajstić information content (AvgIpc) is 2.15. The lowest BCUT2D eigenvalue weighted by atomic mass is 10.2. The van der Waals surface area contributed by atoms with Gasteiger partial charge in [0.1, 0.15) is 17.7 Å². The smallest absolute Gasteiger partial charge is 0.131 e. The molecule has 0 saturated heterocycles. The van der Waals surface area contributed by atoms with Gasteiger partial charge in [-0.3, -0.25) is 0 Å². The highest BCUT2D eigenvalue weighted by molar-refractivity contribution is 4.67. The highest BCUT2D eigenvalue weighted by Crippen LogP contribution is 2.11. The minimum Gasteiger partial charge on any atom is -0.357 e. The molecule has 15 heavy (non-hydrogen) atoms. The minimum atomic E-state index is -0.708. The van der Waals surface area contributed by atoms with E-state index in [1.807, 2.05) is 13.8 Å². The molecule has 0 aromatic carbocycles. The molecule has 0 saturated carbocycles. The van der Waals surface area contributed by atoms with Crippen molar-refractivity contribution in [2.45, 2.75) is 58.2 Å². The Morgan fingerprint density at radius 3 is 1.93 bits per heavy atom. The number of hydrogen-bond donors (Lipinski definition) is 3. The predicted molar refractivity (Wildman–Crippen MR) is 60.8 cm³/mol. The van der Waals surface area contributed by atoms with Crippen molar-refractivity contribution in [1.82, 2.24) is 0 Å². The van der Waals surface area contributed by atoms with E-state index in [2.05, 4.69) is 0 Å². The number of ether oxygens (including phenoxy) is 2. The van der Waals surface area contributed by atoms with Crippen LogP contribution < -0.4 is 17.2 Å². The molecule has 0 spiro atoms. The molecule has 0 aromatic heterocycles. The lowest BCUT2D eigenvalue weighted by molar-refractivity contribution is -0.135. The Bertz CT molecular complexity index is 184. The van der Waals surface area contributed by atoms with Gasteiger partial charge in [0.15, 0.2) is 0 Å². The van der Waals surface area contributed by atoms with Crippen LogP contribution in [0, 0.1) is 0 Å². The second-order valence-electron chi connectivity index (χ2n) is 4.30. The molecule has 0 rings (SSSR count). The van der Waals surface area contributed by atoms with Crippen LogP contribution in [0.1, 0.15) is 40.5 Å². The molecular formula is C10H25N3O2. The van der Waals surface area contributed by atoms with Crippen molar-refractivity contribution >= 4 is 0 Å². The number of rotatable bonds is 7. The van der Waals surface area contributed by atoms with Crippen molar-refractivity contribution in [3.05, 3.63) is 0 Å². The Labute approximate surface area is 92.3 Å². The van der Waals surface area contributed by atoms with Crippen LogP contribution in [0.15, 0.2) is 0 Å². The Balaban J connectivity index is 3.90. The first kappa shape index (κ1) is 14.8. The quantitative estimate of drug-likeness (QED) is 0.541. The SMILES string of the molecule is CCC(C)(N)OCC(N)OC(C)(N)CC. The molecule has 5 heteroatoms. The zero-order valence-corrected chi connectivity index (χ0v) is 10.2. The highest BCUT2D eigenvalue weighted by atomic mass is 16.6. The molecule has 3 atom stereocenters. The molecule has 0 heterocycles. The normalized spacial score (nSPS) is 21.8. The topological polar surface area (TPSA) is 96.5 Å². The summed E-state index contributed by atoms with van der Waals surface area (Å²) >= 11 is 0. The Kier molecular flexibility index (Phi) is 5.69. The van der Waals surface area contributed by atoms with Crippen LogP contribution >= 0.6 is 0 Å². The third-order valence-corrected chi connectivity index (χ3v) is 2.40. The maximum absolute atomic E-state index is 5.80. The van der Waals surface area contributed by atoms with Crippen LogP contribution in [0.2, 0.25) is 0 Å². The van der Waals surface area contributed by atoms with Crippen LogP contribution in [0.5, 0.6) is 0 Å². The number of nitrogens with two attached hydrogens (primary N) is 3. The Morgan fingerprint density at radius 2 is 1.53 bits per heavy atom. The molecule has 0 aliphatic rings. The van der Waals surface area contributed by atoms with E-state index in [4.69, 9.17) is 26.7 Å². The second kappa shape index (κ2) is 5.77. The third kappa shape index (κ3) is 6.81. The van der Waals surface area contributed by atoms with Crippen LogP contribution in [0.25, 0.3) is 0 Å². The van der Waals surface area contributed by atoms with Gasteiger partial charge in [-0.15, -0.1) is 0 Å². The summed E-state index contributed by atoms with van der Waals surface area (Å²) in [5.74, 6) is 0. The van der Waals surface area contributed by atoms with Gasteiger partial charge in [-0.05, 0) is 26.7 Å². The third-order valence-electron chi connectivity index (χ3n) is 2.40. The summed E-state index contributed by atoms with van der Waals surface area (Å²) in [7, 11) is 0. The van der Waals surface area contributed by atoms with Crippen molar-refractivity contribution in [2.24, 2.45) is 17.2 Å². The minimum absolute atomic E-state index is 0.244. The maximum atomic E-state index is 5.80. The fourth-order valence-corrected chi connectivity index (χ4v) is 0.838. The summed E-state index contributed by atoms with van der Waals surface area (Å²) in [5, 5.41) is 0. The fraction of sp³-hybridized carbons (Fsp3) is 1.00. The largest absolute Gasteiger partial charge is 0.357 e. The molecule has 0 aliphatic carbocycles. The van der Waals surface area contributed by atoms with Crippen molar-refractivity contribution in [2.75, 3.05) is 6.61 Å². The van der Waals surface area contributed by atoms with E-state index < -0.39 is 17.7 Å². The molecule has 0 bridgehead atoms. The van der Waals surface area contributed by atoms with Gasteiger partial charge < -0.3 is 26.7 Å². The second-order valence-corrected chi connectivity index (χ2v) is 4.30. The van der Waals surface area contributed by atoms with E-state index in [1.54, 1.807) is 13.8 Å². The summed E-state index contributed by atoms with van der Waals surface area (Å²) in [6.45, 7) is 7.72. The molecule has 5 nitrogen and oxygen atoms in total. The molecular weight excluding hydrogens is 194 g/mol. The van der Waals surface area contributed by atoms with E-state index in [9.17, 15) is 0 Å². The van der Waals surface area contributed by atoms with E-state index in [1.165, 1.54) is 0 Å². The van der Waals surface area contributed by atoms with E-state index >= 15 is 0 Å². The van der Waals surface area contributed by atoms with Crippen molar-refractivity contribution < 1.29 is 9.47 Å². The Morgan fingerprint density at radius 1 is 1.07 bits per heavy atom. The van der Waals surface area contributed by atoms with E-state index in [0.717, 1.165) is 0 Å². The lowest BCUT2D eigenvalue weighted by Gasteiger charge is -2.30. The highest BCUT2D eigenvalue weighted by Gasteiger charge is 2.23. The molecule has 0 fully saturated rings. The summed E-state index contributed by atoms with van der Waals surface area (Å²) in [6.07, 6.45) is 0.858. The van der Waals surface area contributed by atoms with Crippen molar-refractivity contribution in [3.63, 3.8) is 0 Å². The molecule has 0 aliphatic heterocycles. The van der Waals surface area contributed by atoms with Gasteiger partial charge in [0.05, 0.1) is 6.61 Å². The monoisotopic (exact) mass is 219 g/mol. The summed E-state index contributed by atoms with van der Waals surface area (Å²) in [4.78, 5) is 0. The van der Waals surface area contributed by atoms with Gasteiger partial charge in [-0.2, -0.15) is 0 Å². The zero-order valence-electron chi connectivity index (χ0n) is 10.2. The summed E-state index contributed by atoms with van der Waals surface area (Å²) in [6, 6.07) is 0. The van der Waals surface area contributed by atoms with Gasteiger partial charge in [-0.25, -0.2) is 0 Å². The van der Waals surface area contributed by atoms with Crippen LogP contribution in [0.3, 0.4) is 0 Å². The standard InChI is InChI=1S/C10H25N3O2/c1-5-9(3,12)14-7-8(11)15-10(4,13)6-2/h8H,5-7,11-13H2,1-4H3. The zero-order chi connectivity index (χ0) is 12.1. The number of hydrogen-bond acceptors (Lipinski definition) is 5. The van der Waals surface area contributed by atoms with Gasteiger partial charge in [0.2, 0.25) is 0 Å². The first-order chi connectivity index (χ1) is 6.72. The lowest BCUT2D eigenvalue weighted by Crippen LogP contribution is -2.49. The van der Waals surface area contributed by atoms with Gasteiger partial charge in [0, 0.05) is 0 Å². The Hall–Kier alpha value is -0.200. The molecule has 92 valence electrons. The molecule has 6 N–H and O–H groups in total. The van der Waals surface area contributed by atoms with E-state index in [-0.39, 0.29) is 6.61 Å². The van der Waals surface area contributed by atoms with Gasteiger partial charge in [0.25, 0.3) is 0 Å². The summed E-state index contributed by atoms with van der Waals surface area (Å²) in [5.41, 5.74) is 15.9. The van der Waals surface area contributed by atoms with Crippen molar-refractivity contribution in [1.29, 1.82) is 0 Å². The summed E-state index contributed by atoms with van der Waals surface area (Å²) < 4.78 is 10.8.